The molecule has 0 bridgehead atoms. The Labute approximate surface area is 88.5 Å². The maximum absolute atomic E-state index is 11.6. The van der Waals surface area contributed by atoms with E-state index in [-0.39, 0.29) is 12.2 Å². The normalized spacial score (nSPS) is 11.7. The third-order valence-corrected chi connectivity index (χ3v) is 1.99. The molecule has 0 aliphatic rings. The molecule has 1 aromatic heterocycles. The summed E-state index contributed by atoms with van der Waals surface area (Å²) >= 11 is 0. The van der Waals surface area contributed by atoms with Crippen LogP contribution in [-0.2, 0) is 9.53 Å². The van der Waals surface area contributed by atoms with E-state index in [2.05, 4.69) is 4.98 Å². The highest BCUT2D eigenvalue weighted by atomic mass is 16.5. The fourth-order valence-electron chi connectivity index (χ4n) is 1.20. The van der Waals surface area contributed by atoms with Gasteiger partial charge < -0.3 is 4.74 Å². The third-order valence-electron chi connectivity index (χ3n) is 1.99. The van der Waals surface area contributed by atoms with Crippen LogP contribution in [0, 0.1) is 11.3 Å². The number of carbonyl (C=O) groups excluding carboxylic acids is 1. The van der Waals surface area contributed by atoms with E-state index in [1.807, 2.05) is 6.07 Å². The van der Waals surface area contributed by atoms with Gasteiger partial charge in [0.15, 0.2) is 5.78 Å². The van der Waals surface area contributed by atoms with Crippen molar-refractivity contribution in [3.05, 3.63) is 30.1 Å². The molecule has 0 spiro atoms. The van der Waals surface area contributed by atoms with Crippen LogP contribution in [0.25, 0.3) is 0 Å². The Bertz CT molecular complexity index is 357. The molecule has 0 radical (unpaired) electrons. The Kier molecular flexibility index (Phi) is 4.45. The van der Waals surface area contributed by atoms with E-state index in [0.717, 1.165) is 0 Å². The fourth-order valence-corrected chi connectivity index (χ4v) is 1.20. The van der Waals surface area contributed by atoms with Gasteiger partial charge in [0, 0.05) is 19.7 Å². The second kappa shape index (κ2) is 5.89. The van der Waals surface area contributed by atoms with Crippen molar-refractivity contribution in [1.29, 1.82) is 5.26 Å². The minimum absolute atomic E-state index is 0.155. The number of pyridine rings is 1. The Morgan fingerprint density at radius 3 is 3.00 bits per heavy atom. The van der Waals surface area contributed by atoms with Crippen molar-refractivity contribution in [3.63, 3.8) is 0 Å². The van der Waals surface area contributed by atoms with Crippen LogP contribution >= 0.6 is 0 Å². The van der Waals surface area contributed by atoms with Crippen molar-refractivity contribution in [2.75, 3.05) is 13.7 Å². The summed E-state index contributed by atoms with van der Waals surface area (Å²) in [6.45, 7) is 0.337. The zero-order chi connectivity index (χ0) is 11.1. The molecule has 4 nitrogen and oxygen atoms in total. The van der Waals surface area contributed by atoms with Crippen molar-refractivity contribution in [1.82, 2.24) is 4.98 Å². The summed E-state index contributed by atoms with van der Waals surface area (Å²) in [5.41, 5.74) is 0.501. The van der Waals surface area contributed by atoms with Gasteiger partial charge in [-0.1, -0.05) is 6.07 Å². The van der Waals surface area contributed by atoms with Gasteiger partial charge in [0.25, 0.3) is 0 Å². The highest BCUT2D eigenvalue weighted by Gasteiger charge is 2.20. The number of hydrogen-bond donors (Lipinski definition) is 0. The summed E-state index contributed by atoms with van der Waals surface area (Å²) in [4.78, 5) is 15.6. The monoisotopic (exact) mass is 204 g/mol. The first-order valence-corrected chi connectivity index (χ1v) is 4.61. The highest BCUT2D eigenvalue weighted by Crippen LogP contribution is 2.14. The van der Waals surface area contributed by atoms with Crippen molar-refractivity contribution >= 4 is 5.78 Å². The molecule has 1 aromatic rings. The number of nitriles is 1. The number of carbonyl (C=O) groups is 1. The summed E-state index contributed by atoms with van der Waals surface area (Å²) in [7, 11) is 1.52. The first-order chi connectivity index (χ1) is 7.29. The lowest BCUT2D eigenvalue weighted by atomic mass is 9.99. The van der Waals surface area contributed by atoms with Crippen LogP contribution in [0.2, 0.25) is 0 Å². The average Bonchev–Trinajstić information content (AvgIpc) is 2.29. The van der Waals surface area contributed by atoms with E-state index in [1.165, 1.54) is 7.11 Å². The predicted molar refractivity (Wildman–Crippen MR) is 54.1 cm³/mol. The van der Waals surface area contributed by atoms with Crippen LogP contribution < -0.4 is 0 Å². The molecule has 1 rings (SSSR count). The molecular formula is C11H12N2O2. The topological polar surface area (TPSA) is 63.0 Å². The fraction of sp³-hybridized carbons (Fsp3) is 0.364. The molecular weight excluding hydrogens is 192 g/mol. The van der Waals surface area contributed by atoms with Crippen molar-refractivity contribution in [2.45, 2.75) is 12.3 Å². The molecule has 0 aromatic carbocycles. The van der Waals surface area contributed by atoms with Gasteiger partial charge in [-0.25, -0.2) is 0 Å². The molecule has 1 unspecified atom stereocenters. The van der Waals surface area contributed by atoms with E-state index in [9.17, 15) is 4.79 Å². The maximum atomic E-state index is 11.6. The smallest absolute Gasteiger partial charge is 0.158 e. The number of nitrogens with zero attached hydrogens (tertiary/aromatic N) is 2. The van der Waals surface area contributed by atoms with Gasteiger partial charge in [-0.15, -0.1) is 0 Å². The number of ether oxygens (including phenoxy) is 1. The van der Waals surface area contributed by atoms with Crippen LogP contribution in [-0.4, -0.2) is 24.5 Å². The number of rotatable bonds is 5. The molecule has 0 aliphatic heterocycles. The first kappa shape index (κ1) is 11.3. The molecule has 0 N–H and O–H groups in total. The van der Waals surface area contributed by atoms with Crippen LogP contribution in [0.15, 0.2) is 24.4 Å². The molecule has 78 valence electrons. The first-order valence-electron chi connectivity index (χ1n) is 4.61. The summed E-state index contributed by atoms with van der Waals surface area (Å²) in [6.07, 6.45) is 1.81. The minimum Gasteiger partial charge on any atom is -0.384 e. The van der Waals surface area contributed by atoms with Gasteiger partial charge in [0.05, 0.1) is 18.4 Å². The summed E-state index contributed by atoms with van der Waals surface area (Å²) < 4.78 is 4.79. The lowest BCUT2D eigenvalue weighted by Crippen LogP contribution is -2.13. The molecule has 0 saturated carbocycles. The number of methoxy groups -OCH3 is 1. The SMILES string of the molecule is COCCC(=O)C(C#N)c1ccccn1. The predicted octanol–water partition coefficient (Wildman–Crippen LogP) is 1.29. The Morgan fingerprint density at radius 2 is 2.47 bits per heavy atom. The lowest BCUT2D eigenvalue weighted by Gasteiger charge is -2.06. The number of aromatic nitrogens is 1. The van der Waals surface area contributed by atoms with Crippen LogP contribution in [0.3, 0.4) is 0 Å². The van der Waals surface area contributed by atoms with Crippen molar-refractivity contribution in [3.8, 4) is 6.07 Å². The summed E-state index contributed by atoms with van der Waals surface area (Å²) in [5.74, 6) is -0.931. The lowest BCUT2D eigenvalue weighted by molar-refractivity contribution is -0.120. The largest absolute Gasteiger partial charge is 0.384 e. The third kappa shape index (κ3) is 3.15. The molecule has 1 heterocycles. The molecule has 0 amide bonds. The number of hydrogen-bond acceptors (Lipinski definition) is 4. The van der Waals surface area contributed by atoms with E-state index in [4.69, 9.17) is 10.00 Å². The molecule has 4 heteroatoms. The number of ketones is 1. The maximum Gasteiger partial charge on any atom is 0.158 e. The Hall–Kier alpha value is -1.73. The molecule has 0 fully saturated rings. The molecule has 15 heavy (non-hydrogen) atoms. The van der Waals surface area contributed by atoms with Crippen LogP contribution in [0.1, 0.15) is 18.0 Å². The molecule has 0 saturated heterocycles. The standard InChI is InChI=1S/C11H12N2O2/c1-15-7-5-11(14)9(8-12)10-4-2-3-6-13-10/h2-4,6,9H,5,7H2,1H3. The van der Waals surface area contributed by atoms with E-state index >= 15 is 0 Å². The van der Waals surface area contributed by atoms with Gasteiger partial charge in [0.1, 0.15) is 5.92 Å². The van der Waals surface area contributed by atoms with Gasteiger partial charge in [-0.05, 0) is 12.1 Å². The van der Waals surface area contributed by atoms with Crippen LogP contribution in [0.5, 0.6) is 0 Å². The van der Waals surface area contributed by atoms with Crippen molar-refractivity contribution < 1.29 is 9.53 Å². The van der Waals surface area contributed by atoms with E-state index in [0.29, 0.717) is 12.3 Å². The summed E-state index contributed by atoms with van der Waals surface area (Å²) in [5, 5.41) is 8.90. The van der Waals surface area contributed by atoms with Gasteiger partial charge in [0.2, 0.25) is 0 Å². The highest BCUT2D eigenvalue weighted by molar-refractivity contribution is 5.87. The Balaban J connectivity index is 2.73. The second-order valence-corrected chi connectivity index (χ2v) is 3.03. The van der Waals surface area contributed by atoms with Crippen LogP contribution in [0.4, 0.5) is 0 Å². The van der Waals surface area contributed by atoms with Gasteiger partial charge >= 0.3 is 0 Å². The zero-order valence-electron chi connectivity index (χ0n) is 8.51. The van der Waals surface area contributed by atoms with Crippen molar-refractivity contribution in [2.24, 2.45) is 0 Å². The zero-order valence-corrected chi connectivity index (χ0v) is 8.51. The van der Waals surface area contributed by atoms with Gasteiger partial charge in [-0.2, -0.15) is 5.26 Å². The second-order valence-electron chi connectivity index (χ2n) is 3.03. The number of Topliss-reactive ketones (excluding diaryl/α,β-unsaturated/α-hetero) is 1. The quantitative estimate of drug-likeness (QED) is 0.725. The van der Waals surface area contributed by atoms with Gasteiger partial charge in [-0.3, -0.25) is 9.78 Å². The average molecular weight is 204 g/mol. The molecule has 1 atom stereocenters. The summed E-state index contributed by atoms with van der Waals surface area (Å²) in [6, 6.07) is 7.15. The molecule has 0 aliphatic carbocycles. The minimum atomic E-state index is -0.777. The Morgan fingerprint density at radius 1 is 1.67 bits per heavy atom. The van der Waals surface area contributed by atoms with E-state index in [1.54, 1.807) is 24.4 Å². The van der Waals surface area contributed by atoms with E-state index < -0.39 is 5.92 Å².